The van der Waals surface area contributed by atoms with Gasteiger partial charge in [-0.05, 0) is 24.5 Å². The van der Waals surface area contributed by atoms with Gasteiger partial charge in [0.05, 0.1) is 17.0 Å². The Morgan fingerprint density at radius 3 is 2.88 bits per heavy atom. The van der Waals surface area contributed by atoms with Crippen LogP contribution in [0.4, 0.5) is 0 Å². The summed E-state index contributed by atoms with van der Waals surface area (Å²) in [7, 11) is 0. The van der Waals surface area contributed by atoms with Gasteiger partial charge < -0.3 is 15.4 Å². The summed E-state index contributed by atoms with van der Waals surface area (Å²) in [5.74, 6) is 0.656. The van der Waals surface area contributed by atoms with Crippen molar-refractivity contribution in [1.82, 2.24) is 15.3 Å². The molecule has 6 nitrogen and oxygen atoms in total. The number of nitrogens with zero attached hydrogens (tertiary/aromatic N) is 1. The molecule has 2 aromatic rings. The fourth-order valence-electron chi connectivity index (χ4n) is 2.45. The number of para-hydroxylation sites is 1. The van der Waals surface area contributed by atoms with Crippen LogP contribution in [0.15, 0.2) is 29.1 Å². The average molecular weight is 331 g/mol. The quantitative estimate of drug-likeness (QED) is 0.687. The highest BCUT2D eigenvalue weighted by atomic mass is 16.3. The van der Waals surface area contributed by atoms with E-state index in [4.69, 9.17) is 0 Å². The van der Waals surface area contributed by atoms with Crippen LogP contribution in [-0.4, -0.2) is 33.6 Å². The molecule has 0 bridgehead atoms. The van der Waals surface area contributed by atoms with Gasteiger partial charge in [-0.3, -0.25) is 9.59 Å². The molecule has 3 N–H and O–H groups in total. The first-order chi connectivity index (χ1) is 11.5. The number of aliphatic hydroxyl groups is 1. The number of carbonyl (C=O) groups excluding carboxylic acids is 1. The molecule has 1 heterocycles. The van der Waals surface area contributed by atoms with Gasteiger partial charge >= 0.3 is 0 Å². The Morgan fingerprint density at radius 2 is 2.12 bits per heavy atom. The molecular formula is C18H25N3O3. The molecule has 1 aromatic carbocycles. The van der Waals surface area contributed by atoms with Gasteiger partial charge in [0.2, 0.25) is 5.91 Å². The zero-order chi connectivity index (χ0) is 17.5. The lowest BCUT2D eigenvalue weighted by atomic mass is 10.0. The smallest absolute Gasteiger partial charge is 0.258 e. The summed E-state index contributed by atoms with van der Waals surface area (Å²) in [6.07, 6.45) is 1.81. The van der Waals surface area contributed by atoms with Gasteiger partial charge in [-0.2, -0.15) is 0 Å². The number of nitrogens with one attached hydrogen (secondary N) is 2. The van der Waals surface area contributed by atoms with Crippen molar-refractivity contribution in [1.29, 1.82) is 0 Å². The standard InChI is InChI=1S/C18H25N3O3/c1-3-12(2)15(22)11-19-17(23)10-6-9-16-20-14-8-5-4-7-13(14)18(24)21-16/h4-5,7-8,12,15,22H,3,6,9-11H2,1-2H3,(H,19,23)(H,20,21,24). The molecule has 1 aromatic heterocycles. The van der Waals surface area contributed by atoms with Gasteiger partial charge in [0, 0.05) is 19.4 Å². The maximum absolute atomic E-state index is 12.0. The number of aryl methyl sites for hydroxylation is 1. The highest BCUT2D eigenvalue weighted by molar-refractivity contribution is 5.77. The fourth-order valence-corrected chi connectivity index (χ4v) is 2.45. The van der Waals surface area contributed by atoms with Crippen LogP contribution in [0.25, 0.3) is 10.9 Å². The van der Waals surface area contributed by atoms with Crippen LogP contribution in [0.1, 0.15) is 38.9 Å². The van der Waals surface area contributed by atoms with Gasteiger partial charge in [0.15, 0.2) is 0 Å². The SMILES string of the molecule is CCC(C)C(O)CNC(=O)CCCc1nc2ccccc2c(=O)[nH]1. The molecule has 0 aliphatic heterocycles. The molecule has 0 spiro atoms. The number of benzene rings is 1. The van der Waals surface area contributed by atoms with E-state index in [2.05, 4.69) is 15.3 Å². The number of rotatable bonds is 8. The maximum Gasteiger partial charge on any atom is 0.258 e. The molecule has 0 radical (unpaired) electrons. The highest BCUT2D eigenvalue weighted by Crippen LogP contribution is 2.08. The third-order valence-electron chi connectivity index (χ3n) is 4.29. The lowest BCUT2D eigenvalue weighted by molar-refractivity contribution is -0.121. The van der Waals surface area contributed by atoms with E-state index in [9.17, 15) is 14.7 Å². The largest absolute Gasteiger partial charge is 0.391 e. The minimum absolute atomic E-state index is 0.0968. The van der Waals surface area contributed by atoms with Crippen LogP contribution in [0.3, 0.4) is 0 Å². The van der Waals surface area contributed by atoms with Crippen molar-refractivity contribution in [2.24, 2.45) is 5.92 Å². The Balaban J connectivity index is 1.82. The van der Waals surface area contributed by atoms with Crippen LogP contribution in [0.2, 0.25) is 0 Å². The number of hydrogen-bond acceptors (Lipinski definition) is 4. The lowest BCUT2D eigenvalue weighted by Crippen LogP contribution is -2.35. The topological polar surface area (TPSA) is 95.1 Å². The summed E-state index contributed by atoms with van der Waals surface area (Å²) in [5.41, 5.74) is 0.508. The number of aliphatic hydroxyl groups excluding tert-OH is 1. The molecule has 0 fully saturated rings. The number of aromatic nitrogens is 2. The molecule has 24 heavy (non-hydrogen) atoms. The van der Waals surface area contributed by atoms with Gasteiger partial charge in [0.1, 0.15) is 5.82 Å². The van der Waals surface area contributed by atoms with Crippen molar-refractivity contribution in [2.75, 3.05) is 6.54 Å². The van der Waals surface area contributed by atoms with Crippen LogP contribution in [0.5, 0.6) is 0 Å². The zero-order valence-electron chi connectivity index (χ0n) is 14.2. The van der Waals surface area contributed by atoms with Gasteiger partial charge in [-0.15, -0.1) is 0 Å². The van der Waals surface area contributed by atoms with E-state index in [1.165, 1.54) is 0 Å². The highest BCUT2D eigenvalue weighted by Gasteiger charge is 2.13. The molecule has 2 rings (SSSR count). The van der Waals surface area contributed by atoms with E-state index in [1.54, 1.807) is 18.2 Å². The van der Waals surface area contributed by atoms with Crippen LogP contribution in [0, 0.1) is 5.92 Å². The molecule has 0 saturated heterocycles. The third kappa shape index (κ3) is 4.89. The number of carbonyl (C=O) groups is 1. The van der Waals surface area contributed by atoms with Crippen LogP contribution in [-0.2, 0) is 11.2 Å². The molecule has 0 aliphatic carbocycles. The Hall–Kier alpha value is -2.21. The van der Waals surface area contributed by atoms with Crippen LogP contribution < -0.4 is 10.9 Å². The van der Waals surface area contributed by atoms with Crippen molar-refractivity contribution in [3.63, 3.8) is 0 Å². The first kappa shape index (κ1) is 18.1. The molecule has 0 saturated carbocycles. The first-order valence-corrected chi connectivity index (χ1v) is 8.44. The monoisotopic (exact) mass is 331 g/mol. The van der Waals surface area contributed by atoms with E-state index in [1.807, 2.05) is 19.9 Å². The minimum atomic E-state index is -0.516. The van der Waals surface area contributed by atoms with E-state index in [0.29, 0.717) is 36.0 Å². The van der Waals surface area contributed by atoms with Crippen molar-refractivity contribution < 1.29 is 9.90 Å². The van der Waals surface area contributed by atoms with Crippen molar-refractivity contribution in [2.45, 2.75) is 45.6 Å². The molecule has 2 unspecified atom stereocenters. The molecule has 6 heteroatoms. The molecule has 130 valence electrons. The van der Waals surface area contributed by atoms with Gasteiger partial charge in [0.25, 0.3) is 5.56 Å². The Labute approximate surface area is 141 Å². The maximum atomic E-state index is 12.0. The predicted molar refractivity (Wildman–Crippen MR) is 93.8 cm³/mol. The summed E-state index contributed by atoms with van der Waals surface area (Å²) in [5, 5.41) is 13.1. The van der Waals surface area contributed by atoms with Crippen molar-refractivity contribution >= 4 is 16.8 Å². The number of fused-ring (bicyclic) bond motifs is 1. The second-order valence-corrected chi connectivity index (χ2v) is 6.14. The fraction of sp³-hybridized carbons (Fsp3) is 0.500. The van der Waals surface area contributed by atoms with E-state index >= 15 is 0 Å². The van der Waals surface area contributed by atoms with Crippen molar-refractivity contribution in [3.8, 4) is 0 Å². The van der Waals surface area contributed by atoms with Gasteiger partial charge in [-0.1, -0.05) is 32.4 Å². The predicted octanol–water partition coefficient (Wildman–Crippen LogP) is 1.77. The first-order valence-electron chi connectivity index (χ1n) is 8.44. The molecule has 2 atom stereocenters. The van der Waals surface area contributed by atoms with E-state index < -0.39 is 6.10 Å². The minimum Gasteiger partial charge on any atom is -0.391 e. The summed E-state index contributed by atoms with van der Waals surface area (Å²) in [4.78, 5) is 30.9. The number of aromatic amines is 1. The average Bonchev–Trinajstić information content (AvgIpc) is 2.59. The van der Waals surface area contributed by atoms with Crippen LogP contribution >= 0.6 is 0 Å². The summed E-state index contributed by atoms with van der Waals surface area (Å²) in [6, 6.07) is 7.18. The number of hydrogen-bond donors (Lipinski definition) is 3. The molecule has 1 amide bonds. The normalized spacial score (nSPS) is 13.6. The van der Waals surface area contributed by atoms with Gasteiger partial charge in [-0.25, -0.2) is 4.98 Å². The molecular weight excluding hydrogens is 306 g/mol. The summed E-state index contributed by atoms with van der Waals surface area (Å²) in [6.45, 7) is 4.24. The Bertz CT molecular complexity index is 742. The number of amides is 1. The zero-order valence-corrected chi connectivity index (χ0v) is 14.2. The summed E-state index contributed by atoms with van der Waals surface area (Å²) >= 11 is 0. The Kier molecular flexibility index (Phi) is 6.49. The van der Waals surface area contributed by atoms with Crippen molar-refractivity contribution in [3.05, 3.63) is 40.4 Å². The summed E-state index contributed by atoms with van der Waals surface area (Å²) < 4.78 is 0. The van der Waals surface area contributed by atoms with E-state index in [0.717, 1.165) is 6.42 Å². The third-order valence-corrected chi connectivity index (χ3v) is 4.29. The molecule has 0 aliphatic rings. The Morgan fingerprint density at radius 1 is 1.38 bits per heavy atom. The lowest BCUT2D eigenvalue weighted by Gasteiger charge is -2.17. The van der Waals surface area contributed by atoms with E-state index in [-0.39, 0.29) is 23.9 Å². The second kappa shape index (κ2) is 8.59. The number of H-pyrrole nitrogens is 1. The second-order valence-electron chi connectivity index (χ2n) is 6.14.